The summed E-state index contributed by atoms with van der Waals surface area (Å²) in [6.45, 7) is 1.76. The first-order valence-corrected chi connectivity index (χ1v) is 6.76. The van der Waals surface area contributed by atoms with Crippen molar-refractivity contribution in [1.82, 2.24) is 4.57 Å². The molecule has 21 heavy (non-hydrogen) atoms. The molecule has 0 atom stereocenters. The molecule has 2 rings (SSSR count). The highest BCUT2D eigenvalue weighted by atomic mass is 79.9. The molecule has 0 saturated carbocycles. The summed E-state index contributed by atoms with van der Waals surface area (Å²) in [4.78, 5) is 22.7. The largest absolute Gasteiger partial charge is 0.307 e. The molecule has 0 unspecified atom stereocenters. The van der Waals surface area contributed by atoms with E-state index in [-0.39, 0.29) is 17.8 Å². The van der Waals surface area contributed by atoms with Crippen molar-refractivity contribution < 1.29 is 4.92 Å². The predicted octanol–water partition coefficient (Wildman–Crippen LogP) is 2.75. The van der Waals surface area contributed by atoms with Crippen LogP contribution in [0.15, 0.2) is 39.6 Å². The Labute approximate surface area is 128 Å². The van der Waals surface area contributed by atoms with E-state index in [1.165, 1.54) is 16.7 Å². The number of hydrogen-bond donors (Lipinski definition) is 0. The van der Waals surface area contributed by atoms with E-state index < -0.39 is 10.5 Å². The van der Waals surface area contributed by atoms with Gasteiger partial charge in [-0.1, -0.05) is 15.9 Å². The van der Waals surface area contributed by atoms with Crippen molar-refractivity contribution in [2.75, 3.05) is 0 Å². The fourth-order valence-electron chi connectivity index (χ4n) is 1.96. The topological polar surface area (TPSA) is 88.9 Å². The Morgan fingerprint density at radius 1 is 1.38 bits per heavy atom. The Balaban J connectivity index is 2.57. The van der Waals surface area contributed by atoms with Gasteiger partial charge in [-0.25, -0.2) is 0 Å². The molecular formula is C14H10BrN3O3. The number of nitro benzene ring substituents is 1. The van der Waals surface area contributed by atoms with Crippen LogP contribution in [0.4, 0.5) is 5.69 Å². The van der Waals surface area contributed by atoms with Gasteiger partial charge in [0, 0.05) is 21.8 Å². The lowest BCUT2D eigenvalue weighted by atomic mass is 10.1. The number of rotatable bonds is 3. The molecule has 1 aromatic heterocycles. The highest BCUT2D eigenvalue weighted by molar-refractivity contribution is 9.10. The normalized spacial score (nSPS) is 10.1. The average molecular weight is 348 g/mol. The molecule has 0 aliphatic heterocycles. The van der Waals surface area contributed by atoms with E-state index in [2.05, 4.69) is 15.9 Å². The van der Waals surface area contributed by atoms with E-state index in [1.807, 2.05) is 6.07 Å². The summed E-state index contributed by atoms with van der Waals surface area (Å²) >= 11 is 3.19. The van der Waals surface area contributed by atoms with E-state index in [1.54, 1.807) is 25.1 Å². The number of aryl methyl sites for hydroxylation is 1. The Morgan fingerprint density at radius 2 is 2.10 bits per heavy atom. The number of halogens is 1. The standard InChI is InChI=1S/C14H10BrN3O3/c1-9-2-3-10(7-16)14(19)17(9)8-11-4-5-12(15)6-13(11)18(20)21/h2-6H,8H2,1H3. The number of nitro groups is 1. The highest BCUT2D eigenvalue weighted by Gasteiger charge is 2.16. The smallest absolute Gasteiger partial charge is 0.275 e. The molecule has 1 aromatic carbocycles. The van der Waals surface area contributed by atoms with Crippen LogP contribution in [-0.2, 0) is 6.54 Å². The monoisotopic (exact) mass is 347 g/mol. The lowest BCUT2D eigenvalue weighted by molar-refractivity contribution is -0.385. The first-order valence-electron chi connectivity index (χ1n) is 5.97. The molecule has 2 aromatic rings. The fraction of sp³-hybridized carbons (Fsp3) is 0.143. The maximum atomic E-state index is 12.1. The van der Waals surface area contributed by atoms with Gasteiger partial charge in [0.2, 0.25) is 0 Å². The Kier molecular flexibility index (Phi) is 4.19. The third-order valence-corrected chi connectivity index (χ3v) is 3.58. The number of pyridine rings is 1. The van der Waals surface area contributed by atoms with E-state index in [0.717, 1.165) is 0 Å². The summed E-state index contributed by atoms with van der Waals surface area (Å²) in [7, 11) is 0. The number of nitrogens with zero attached hydrogens (tertiary/aromatic N) is 3. The lowest BCUT2D eigenvalue weighted by Gasteiger charge is -2.10. The molecule has 0 saturated heterocycles. The summed E-state index contributed by atoms with van der Waals surface area (Å²) in [5, 5.41) is 20.0. The molecule has 0 radical (unpaired) electrons. The van der Waals surface area contributed by atoms with Gasteiger partial charge in [0.05, 0.1) is 11.5 Å². The Bertz CT molecular complexity index is 821. The summed E-state index contributed by atoms with van der Waals surface area (Å²) in [6.07, 6.45) is 0. The maximum absolute atomic E-state index is 12.1. The molecule has 0 spiro atoms. The second-order valence-electron chi connectivity index (χ2n) is 4.42. The zero-order chi connectivity index (χ0) is 15.6. The average Bonchev–Trinajstić information content (AvgIpc) is 2.44. The van der Waals surface area contributed by atoms with Gasteiger partial charge in [-0.2, -0.15) is 5.26 Å². The minimum atomic E-state index is -0.491. The minimum absolute atomic E-state index is 0.0142. The van der Waals surface area contributed by atoms with Crippen molar-refractivity contribution in [3.8, 4) is 6.07 Å². The molecule has 0 aliphatic carbocycles. The van der Waals surface area contributed by atoms with Crippen LogP contribution in [0.5, 0.6) is 0 Å². The minimum Gasteiger partial charge on any atom is -0.307 e. The molecule has 0 bridgehead atoms. The van der Waals surface area contributed by atoms with Crippen molar-refractivity contribution >= 4 is 21.6 Å². The summed E-state index contributed by atoms with van der Waals surface area (Å²) in [5.41, 5.74) is 0.535. The number of hydrogen-bond acceptors (Lipinski definition) is 4. The van der Waals surface area contributed by atoms with Crippen molar-refractivity contribution in [2.45, 2.75) is 13.5 Å². The Morgan fingerprint density at radius 3 is 2.71 bits per heavy atom. The van der Waals surface area contributed by atoms with Crippen molar-refractivity contribution in [3.63, 3.8) is 0 Å². The van der Waals surface area contributed by atoms with Gasteiger partial charge in [0.15, 0.2) is 0 Å². The third kappa shape index (κ3) is 3.01. The summed E-state index contributed by atoms with van der Waals surface area (Å²) in [6, 6.07) is 9.57. The molecule has 0 fully saturated rings. The lowest BCUT2D eigenvalue weighted by Crippen LogP contribution is -2.25. The molecule has 7 heteroatoms. The predicted molar refractivity (Wildman–Crippen MR) is 80.1 cm³/mol. The van der Waals surface area contributed by atoms with Gasteiger partial charge < -0.3 is 4.57 Å². The van der Waals surface area contributed by atoms with Gasteiger partial charge >= 0.3 is 0 Å². The van der Waals surface area contributed by atoms with Crippen LogP contribution in [0, 0.1) is 28.4 Å². The zero-order valence-corrected chi connectivity index (χ0v) is 12.6. The summed E-state index contributed by atoms with van der Waals surface area (Å²) < 4.78 is 1.95. The van der Waals surface area contributed by atoms with E-state index >= 15 is 0 Å². The molecule has 0 aliphatic rings. The van der Waals surface area contributed by atoms with E-state index in [0.29, 0.717) is 15.7 Å². The van der Waals surface area contributed by atoms with Gasteiger partial charge in [-0.15, -0.1) is 0 Å². The molecule has 106 valence electrons. The highest BCUT2D eigenvalue weighted by Crippen LogP contribution is 2.24. The molecule has 0 amide bonds. The first kappa shape index (κ1) is 14.9. The van der Waals surface area contributed by atoms with Crippen LogP contribution >= 0.6 is 15.9 Å². The first-order chi connectivity index (χ1) is 9.93. The van der Waals surface area contributed by atoms with Crippen LogP contribution in [0.2, 0.25) is 0 Å². The maximum Gasteiger partial charge on any atom is 0.275 e. The molecule has 1 heterocycles. The van der Waals surface area contributed by atoms with Crippen LogP contribution in [0.1, 0.15) is 16.8 Å². The second-order valence-corrected chi connectivity index (χ2v) is 5.34. The van der Waals surface area contributed by atoms with Crippen LogP contribution in [-0.4, -0.2) is 9.49 Å². The van der Waals surface area contributed by atoms with Crippen molar-refractivity contribution in [2.24, 2.45) is 0 Å². The molecular weight excluding hydrogens is 338 g/mol. The Hall–Kier alpha value is -2.46. The third-order valence-electron chi connectivity index (χ3n) is 3.09. The van der Waals surface area contributed by atoms with Crippen LogP contribution in [0.25, 0.3) is 0 Å². The van der Waals surface area contributed by atoms with Gasteiger partial charge in [-0.3, -0.25) is 14.9 Å². The van der Waals surface area contributed by atoms with E-state index in [4.69, 9.17) is 5.26 Å². The van der Waals surface area contributed by atoms with Crippen molar-refractivity contribution in [1.29, 1.82) is 5.26 Å². The fourth-order valence-corrected chi connectivity index (χ4v) is 2.31. The number of nitriles is 1. The molecule has 6 nitrogen and oxygen atoms in total. The second kappa shape index (κ2) is 5.89. The quantitative estimate of drug-likeness (QED) is 0.630. The number of aromatic nitrogens is 1. The van der Waals surface area contributed by atoms with Crippen molar-refractivity contribution in [3.05, 3.63) is 72.1 Å². The van der Waals surface area contributed by atoms with Gasteiger partial charge in [0.1, 0.15) is 11.6 Å². The molecule has 0 N–H and O–H groups in total. The van der Waals surface area contributed by atoms with E-state index in [9.17, 15) is 14.9 Å². The van der Waals surface area contributed by atoms with Gasteiger partial charge in [-0.05, 0) is 31.2 Å². The SMILES string of the molecule is Cc1ccc(C#N)c(=O)n1Cc1ccc(Br)cc1[N+](=O)[O-]. The summed E-state index contributed by atoms with van der Waals surface area (Å²) in [5.74, 6) is 0. The van der Waals surface area contributed by atoms with Crippen LogP contribution < -0.4 is 5.56 Å². The van der Waals surface area contributed by atoms with Crippen LogP contribution in [0.3, 0.4) is 0 Å². The van der Waals surface area contributed by atoms with Gasteiger partial charge in [0.25, 0.3) is 11.2 Å². The number of benzene rings is 1. The zero-order valence-electron chi connectivity index (χ0n) is 11.0.